The lowest BCUT2D eigenvalue weighted by molar-refractivity contribution is -0.870. The molecule has 0 amide bonds. The monoisotopic (exact) mass is 1120 g/mol. The molecule has 0 spiro atoms. The Labute approximate surface area is 495 Å². The van der Waals surface area contributed by atoms with Crippen LogP contribution in [0.5, 0.6) is 0 Å². The molecular formula is C72H113NO8. The summed E-state index contributed by atoms with van der Waals surface area (Å²) in [7, 11) is 5.89. The first-order chi connectivity index (χ1) is 39.6. The second-order valence-corrected chi connectivity index (χ2v) is 21.2. The van der Waals surface area contributed by atoms with Crippen LogP contribution in [0.2, 0.25) is 0 Å². The molecule has 0 saturated carbocycles. The number of carboxylic acid groups (broad SMARTS) is 1. The predicted octanol–water partition coefficient (Wildman–Crippen LogP) is 17.8. The van der Waals surface area contributed by atoms with Gasteiger partial charge >= 0.3 is 11.9 Å². The summed E-state index contributed by atoms with van der Waals surface area (Å²) in [5.74, 6) is -2.36. The van der Waals surface area contributed by atoms with Crippen LogP contribution in [0.1, 0.15) is 206 Å². The van der Waals surface area contributed by atoms with Gasteiger partial charge in [-0.15, -0.1) is 0 Å². The molecule has 2 unspecified atom stereocenters. The van der Waals surface area contributed by atoms with Gasteiger partial charge in [0.2, 0.25) is 0 Å². The van der Waals surface area contributed by atoms with Crippen molar-refractivity contribution in [2.24, 2.45) is 0 Å². The summed E-state index contributed by atoms with van der Waals surface area (Å²) >= 11 is 0. The van der Waals surface area contributed by atoms with Gasteiger partial charge in [0, 0.05) is 12.8 Å². The molecule has 0 aliphatic rings. The van der Waals surface area contributed by atoms with Crippen LogP contribution in [0.25, 0.3) is 0 Å². The van der Waals surface area contributed by atoms with E-state index in [-0.39, 0.29) is 38.6 Å². The summed E-state index contributed by atoms with van der Waals surface area (Å²) in [5, 5.41) is 11.8. The predicted molar refractivity (Wildman–Crippen MR) is 342 cm³/mol. The van der Waals surface area contributed by atoms with Crippen molar-refractivity contribution in [1.82, 2.24) is 0 Å². The number of hydrogen-bond acceptors (Lipinski definition) is 8. The SMILES string of the molecule is CC/C=C\C/C=C\C/C=C\C/C=C\C/C=C\C/C=C\C/C=C\C/C=C\C/C=C\CCCCCC(=O)OC(COC(=O)CCCCCCCCCCC/C=C\C/C=C\C/C=C\C/C=C\C/C=C\CC)COC(OCC[N+](C)(C)C)C(=O)[O-]. The molecule has 0 aliphatic heterocycles. The highest BCUT2D eigenvalue weighted by Gasteiger charge is 2.22. The Hall–Kier alpha value is -5.35. The molecular weight excluding hydrogens is 1010 g/mol. The van der Waals surface area contributed by atoms with Crippen molar-refractivity contribution in [2.45, 2.75) is 219 Å². The molecule has 0 aromatic carbocycles. The Morgan fingerprint density at radius 3 is 1.00 bits per heavy atom. The fourth-order valence-electron chi connectivity index (χ4n) is 7.73. The number of carbonyl (C=O) groups excluding carboxylic acids is 3. The van der Waals surface area contributed by atoms with Gasteiger partial charge in [0.25, 0.3) is 0 Å². The Bertz CT molecular complexity index is 1930. The Morgan fingerprint density at radius 2 is 0.667 bits per heavy atom. The number of ether oxygens (including phenoxy) is 4. The molecule has 0 N–H and O–H groups in total. The number of hydrogen-bond donors (Lipinski definition) is 0. The van der Waals surface area contributed by atoms with E-state index in [1.54, 1.807) is 0 Å². The summed E-state index contributed by atoms with van der Waals surface area (Å²) in [4.78, 5) is 37.4. The summed E-state index contributed by atoms with van der Waals surface area (Å²) in [6.07, 6.45) is 88.3. The molecule has 0 aromatic heterocycles. The minimum absolute atomic E-state index is 0.129. The van der Waals surface area contributed by atoms with Crippen LogP contribution in [0.4, 0.5) is 0 Å². The van der Waals surface area contributed by atoms with E-state index in [0.717, 1.165) is 141 Å². The molecule has 454 valence electrons. The smallest absolute Gasteiger partial charge is 0.306 e. The highest BCUT2D eigenvalue weighted by molar-refractivity contribution is 5.70. The minimum Gasteiger partial charge on any atom is -0.545 e. The quantitative estimate of drug-likeness (QED) is 0.0195. The van der Waals surface area contributed by atoms with Crippen molar-refractivity contribution in [1.29, 1.82) is 0 Å². The van der Waals surface area contributed by atoms with E-state index >= 15 is 0 Å². The number of nitrogens with zero attached hydrogens (tertiary/aromatic N) is 1. The molecule has 0 radical (unpaired) electrons. The van der Waals surface area contributed by atoms with Gasteiger partial charge in [0.1, 0.15) is 13.2 Å². The first kappa shape index (κ1) is 75.7. The molecule has 0 heterocycles. The van der Waals surface area contributed by atoms with Crippen molar-refractivity contribution in [3.8, 4) is 0 Å². The molecule has 2 atom stereocenters. The van der Waals surface area contributed by atoms with Crippen LogP contribution in [0.15, 0.2) is 170 Å². The van der Waals surface area contributed by atoms with Gasteiger partial charge in [-0.2, -0.15) is 0 Å². The number of aliphatic carboxylic acids is 1. The molecule has 0 saturated heterocycles. The zero-order chi connectivity index (χ0) is 59.1. The molecule has 81 heavy (non-hydrogen) atoms. The van der Waals surface area contributed by atoms with E-state index in [2.05, 4.69) is 184 Å². The number of esters is 2. The van der Waals surface area contributed by atoms with E-state index in [4.69, 9.17) is 18.9 Å². The third-order valence-electron chi connectivity index (χ3n) is 12.5. The van der Waals surface area contributed by atoms with Crippen molar-refractivity contribution < 1.29 is 42.9 Å². The van der Waals surface area contributed by atoms with Crippen LogP contribution in [0, 0.1) is 0 Å². The minimum atomic E-state index is -1.65. The third kappa shape index (κ3) is 62.1. The van der Waals surface area contributed by atoms with E-state index in [1.165, 1.54) is 32.1 Å². The van der Waals surface area contributed by atoms with Crippen molar-refractivity contribution in [3.05, 3.63) is 170 Å². The van der Waals surface area contributed by atoms with E-state index in [1.807, 2.05) is 21.1 Å². The Morgan fingerprint density at radius 1 is 0.370 bits per heavy atom. The molecule has 0 aromatic rings. The Balaban J connectivity index is 4.35. The second-order valence-electron chi connectivity index (χ2n) is 21.2. The number of unbranched alkanes of at least 4 members (excludes halogenated alkanes) is 12. The summed E-state index contributed by atoms with van der Waals surface area (Å²) < 4.78 is 22.7. The molecule has 0 aliphatic carbocycles. The number of carboxylic acids is 1. The van der Waals surface area contributed by atoms with Gasteiger partial charge in [-0.1, -0.05) is 235 Å². The van der Waals surface area contributed by atoms with Crippen molar-refractivity contribution in [3.63, 3.8) is 0 Å². The van der Waals surface area contributed by atoms with Crippen molar-refractivity contribution in [2.75, 3.05) is 47.5 Å². The highest BCUT2D eigenvalue weighted by atomic mass is 16.7. The second kappa shape index (κ2) is 60.7. The average molecular weight is 1120 g/mol. The maximum absolute atomic E-state index is 12.9. The zero-order valence-electron chi connectivity index (χ0n) is 51.6. The third-order valence-corrected chi connectivity index (χ3v) is 12.5. The topological polar surface area (TPSA) is 111 Å². The average Bonchev–Trinajstić information content (AvgIpc) is 3.44. The molecule has 0 bridgehead atoms. The lowest BCUT2D eigenvalue weighted by atomic mass is 10.1. The number of carbonyl (C=O) groups is 3. The maximum atomic E-state index is 12.9. The number of allylic oxidation sites excluding steroid dienone is 28. The summed E-state index contributed by atoms with van der Waals surface area (Å²) in [6.45, 7) is 4.44. The van der Waals surface area contributed by atoms with Crippen LogP contribution in [-0.2, 0) is 33.3 Å². The lowest BCUT2D eigenvalue weighted by Crippen LogP contribution is -2.44. The van der Waals surface area contributed by atoms with Crippen LogP contribution < -0.4 is 5.11 Å². The Kier molecular flexibility index (Phi) is 56.7. The zero-order valence-corrected chi connectivity index (χ0v) is 51.6. The highest BCUT2D eigenvalue weighted by Crippen LogP contribution is 2.14. The molecule has 9 nitrogen and oxygen atoms in total. The van der Waals surface area contributed by atoms with E-state index < -0.39 is 24.3 Å². The number of likely N-dealkylation sites (N-methyl/N-ethyl adjacent to an activating group) is 1. The first-order valence-corrected chi connectivity index (χ1v) is 31.3. The number of quaternary nitrogens is 1. The number of rotatable bonds is 55. The van der Waals surface area contributed by atoms with Gasteiger partial charge < -0.3 is 33.3 Å². The summed E-state index contributed by atoms with van der Waals surface area (Å²) in [6, 6.07) is 0. The maximum Gasteiger partial charge on any atom is 0.306 e. The van der Waals surface area contributed by atoms with Gasteiger partial charge in [0.15, 0.2) is 12.4 Å². The lowest BCUT2D eigenvalue weighted by Gasteiger charge is -2.26. The van der Waals surface area contributed by atoms with Gasteiger partial charge in [-0.3, -0.25) is 9.59 Å². The van der Waals surface area contributed by atoms with E-state index in [0.29, 0.717) is 17.4 Å². The van der Waals surface area contributed by atoms with E-state index in [9.17, 15) is 19.5 Å². The molecule has 9 heteroatoms. The standard InChI is InChI=1S/C72H113NO8/c1-6-8-10-12-14-16-18-20-22-24-26-28-30-32-33-34-35-36-37-39-41-43-45-47-49-51-53-55-57-59-61-63-70(75)81-68(67-80-72(71(76)77)78-65-64-73(3,4)5)66-79-69(74)62-60-58-56-54-52-50-48-46-44-42-40-38-31-29-27-25-23-21-19-17-15-13-11-9-7-2/h8-11,14-17,20-23,26-29,32-33,35-36,38-41,45,47,51,53,68,72H,6-7,12-13,18-19,24-25,30-31,34,37,42-44,46,48-50,52,54-67H2,1-5H3/b10-8-,11-9-,16-14-,17-15-,22-20-,23-21-,28-26-,29-27-,33-32-,36-35-,40-38-,41-39-,47-45-,53-51-. The molecule has 0 rings (SSSR count). The molecule has 0 fully saturated rings. The first-order valence-electron chi connectivity index (χ1n) is 31.3. The van der Waals surface area contributed by atoms with Gasteiger partial charge in [-0.05, 0) is 128 Å². The fraction of sp³-hybridized carbons (Fsp3) is 0.569. The fourth-order valence-corrected chi connectivity index (χ4v) is 7.73. The van der Waals surface area contributed by atoms with Crippen LogP contribution in [0.3, 0.4) is 0 Å². The van der Waals surface area contributed by atoms with Gasteiger partial charge in [0.05, 0.1) is 40.3 Å². The van der Waals surface area contributed by atoms with Crippen molar-refractivity contribution >= 4 is 17.9 Å². The normalized spacial score (nSPS) is 13.9. The summed E-state index contributed by atoms with van der Waals surface area (Å²) in [5.41, 5.74) is 0. The largest absolute Gasteiger partial charge is 0.545 e. The van der Waals surface area contributed by atoms with Crippen LogP contribution >= 0.6 is 0 Å². The van der Waals surface area contributed by atoms with Gasteiger partial charge in [-0.25, -0.2) is 0 Å². The van der Waals surface area contributed by atoms with Crippen LogP contribution in [-0.4, -0.2) is 82.3 Å².